The first-order valence-corrected chi connectivity index (χ1v) is 12.4. The standard InChI is InChI=1S/C19H16F3NO3S2.C5H11N/c20-19(21,22)15-7-6-13(11-16(15)25)23-28-17-10-12(8-9-24)18(27-17)26-14-4-2-1-3-5-14;1-6-4-2-3-5-6/h1-7,10-11,23-25H,8-9H2;2-5H2,1H3. The van der Waals surface area contributed by atoms with Gasteiger partial charge in [0.25, 0.3) is 0 Å². The molecule has 0 spiro atoms. The Hall–Kier alpha value is -2.40. The highest BCUT2D eigenvalue weighted by atomic mass is 32.2. The summed E-state index contributed by atoms with van der Waals surface area (Å²) in [5, 5.41) is 19.5. The van der Waals surface area contributed by atoms with Gasteiger partial charge in [0.05, 0.1) is 9.77 Å². The molecule has 1 aliphatic heterocycles. The zero-order valence-corrected chi connectivity index (χ0v) is 20.3. The fourth-order valence-electron chi connectivity index (χ4n) is 3.23. The molecule has 1 aliphatic rings. The van der Waals surface area contributed by atoms with Gasteiger partial charge in [-0.15, -0.1) is 0 Å². The SMILES string of the molecule is CN1CCCC1.OCCc1cc(SNc2ccc(C(F)(F)F)c(O)c2)sc1Oc1ccccc1. The molecule has 3 N–H and O–H groups in total. The van der Waals surface area contributed by atoms with Crippen molar-refractivity contribution in [2.45, 2.75) is 29.6 Å². The van der Waals surface area contributed by atoms with E-state index in [1.165, 1.54) is 55.3 Å². The number of anilines is 1. The number of para-hydroxylation sites is 1. The number of aromatic hydroxyl groups is 1. The van der Waals surface area contributed by atoms with Crippen molar-refractivity contribution in [2.24, 2.45) is 0 Å². The fraction of sp³-hybridized carbons (Fsp3) is 0.333. The van der Waals surface area contributed by atoms with Gasteiger partial charge in [0, 0.05) is 30.3 Å². The lowest BCUT2D eigenvalue weighted by Gasteiger charge is -2.10. The maximum absolute atomic E-state index is 12.7. The molecule has 34 heavy (non-hydrogen) atoms. The Morgan fingerprint density at radius 1 is 1.09 bits per heavy atom. The van der Waals surface area contributed by atoms with E-state index >= 15 is 0 Å². The van der Waals surface area contributed by atoms with Crippen molar-refractivity contribution in [1.29, 1.82) is 0 Å². The largest absolute Gasteiger partial charge is 0.507 e. The van der Waals surface area contributed by atoms with Crippen LogP contribution < -0.4 is 9.46 Å². The number of thiophene rings is 1. The highest BCUT2D eigenvalue weighted by Gasteiger charge is 2.33. The zero-order chi connectivity index (χ0) is 24.6. The molecular weight excluding hydrogens is 485 g/mol. The molecule has 2 aromatic carbocycles. The number of aliphatic hydroxyl groups excluding tert-OH is 1. The number of phenols is 1. The van der Waals surface area contributed by atoms with Gasteiger partial charge in [-0.1, -0.05) is 29.5 Å². The summed E-state index contributed by atoms with van der Waals surface area (Å²) >= 11 is 2.53. The number of hydrogen-bond acceptors (Lipinski definition) is 7. The van der Waals surface area contributed by atoms with Crippen LogP contribution in [0.1, 0.15) is 24.0 Å². The van der Waals surface area contributed by atoms with Crippen LogP contribution in [0.2, 0.25) is 0 Å². The lowest BCUT2D eigenvalue weighted by Crippen LogP contribution is -2.10. The van der Waals surface area contributed by atoms with E-state index in [9.17, 15) is 23.4 Å². The van der Waals surface area contributed by atoms with Gasteiger partial charge in [0.15, 0.2) is 5.06 Å². The quantitative estimate of drug-likeness (QED) is 0.309. The number of alkyl halides is 3. The van der Waals surface area contributed by atoms with E-state index in [4.69, 9.17) is 4.74 Å². The number of rotatable bonds is 7. The van der Waals surface area contributed by atoms with Gasteiger partial charge in [0.2, 0.25) is 0 Å². The van der Waals surface area contributed by atoms with E-state index in [1.807, 2.05) is 36.4 Å². The Morgan fingerprint density at radius 3 is 2.35 bits per heavy atom. The van der Waals surface area contributed by atoms with Crippen LogP contribution in [0.4, 0.5) is 18.9 Å². The third-order valence-corrected chi connectivity index (χ3v) is 6.99. The summed E-state index contributed by atoms with van der Waals surface area (Å²) in [6.07, 6.45) is -1.36. The Balaban J connectivity index is 0.000000469. The molecule has 2 heterocycles. The number of benzene rings is 2. The van der Waals surface area contributed by atoms with E-state index in [0.717, 1.165) is 21.9 Å². The monoisotopic (exact) mass is 512 g/mol. The topological polar surface area (TPSA) is 65.0 Å². The third-order valence-electron chi connectivity index (χ3n) is 4.98. The van der Waals surface area contributed by atoms with Crippen LogP contribution >= 0.6 is 23.3 Å². The maximum atomic E-state index is 12.7. The first-order chi connectivity index (χ1) is 16.3. The normalized spacial score (nSPS) is 13.9. The molecule has 0 unspecified atom stereocenters. The highest BCUT2D eigenvalue weighted by Crippen LogP contribution is 2.41. The smallest absolute Gasteiger partial charge is 0.419 e. The van der Waals surface area contributed by atoms with Crippen LogP contribution in [0, 0.1) is 0 Å². The summed E-state index contributed by atoms with van der Waals surface area (Å²) in [5.74, 6) is -0.168. The van der Waals surface area contributed by atoms with E-state index in [1.54, 1.807) is 0 Å². The second-order valence-corrected chi connectivity index (χ2v) is 9.83. The zero-order valence-electron chi connectivity index (χ0n) is 18.6. The van der Waals surface area contributed by atoms with Crippen LogP contribution in [-0.4, -0.2) is 41.9 Å². The Labute approximate surface area is 205 Å². The minimum absolute atomic E-state index is 0.0355. The molecule has 10 heteroatoms. The summed E-state index contributed by atoms with van der Waals surface area (Å²) in [7, 11) is 2.17. The van der Waals surface area contributed by atoms with Crippen molar-refractivity contribution in [1.82, 2.24) is 4.90 Å². The number of phenolic OH excluding ortho intramolecular Hbond substituents is 1. The molecule has 0 amide bonds. The van der Waals surface area contributed by atoms with E-state index in [0.29, 0.717) is 22.9 Å². The van der Waals surface area contributed by atoms with Crippen LogP contribution in [0.15, 0.2) is 58.8 Å². The minimum atomic E-state index is -4.60. The molecule has 3 aromatic rings. The molecule has 1 fully saturated rings. The molecule has 0 radical (unpaired) electrons. The molecule has 4 rings (SSSR count). The van der Waals surface area contributed by atoms with Crippen LogP contribution in [0.5, 0.6) is 16.6 Å². The lowest BCUT2D eigenvalue weighted by atomic mass is 10.2. The van der Waals surface area contributed by atoms with Crippen molar-refractivity contribution in [3.05, 3.63) is 65.7 Å². The minimum Gasteiger partial charge on any atom is -0.507 e. The number of halogens is 3. The Morgan fingerprint density at radius 2 is 1.79 bits per heavy atom. The summed E-state index contributed by atoms with van der Waals surface area (Å²) in [4.78, 5) is 2.36. The molecule has 0 atom stereocenters. The molecule has 1 saturated heterocycles. The molecule has 184 valence electrons. The first-order valence-electron chi connectivity index (χ1n) is 10.7. The fourth-order valence-corrected chi connectivity index (χ4v) is 5.11. The molecule has 0 saturated carbocycles. The van der Waals surface area contributed by atoms with Crippen molar-refractivity contribution in [2.75, 3.05) is 31.5 Å². The Bertz CT molecular complexity index is 1040. The van der Waals surface area contributed by atoms with Gasteiger partial charge >= 0.3 is 6.18 Å². The van der Waals surface area contributed by atoms with Gasteiger partial charge < -0.3 is 24.6 Å². The van der Waals surface area contributed by atoms with Crippen molar-refractivity contribution in [3.8, 4) is 16.6 Å². The summed E-state index contributed by atoms with van der Waals surface area (Å²) in [6.45, 7) is 2.60. The van der Waals surface area contributed by atoms with Crippen molar-refractivity contribution < 1.29 is 28.1 Å². The summed E-state index contributed by atoms with van der Waals surface area (Å²) in [6, 6.07) is 14.2. The van der Waals surface area contributed by atoms with Crippen LogP contribution in [-0.2, 0) is 12.6 Å². The maximum Gasteiger partial charge on any atom is 0.419 e. The highest BCUT2D eigenvalue weighted by molar-refractivity contribution is 8.02. The second kappa shape index (κ2) is 12.3. The predicted octanol–water partition coefficient (Wildman–Crippen LogP) is 6.63. The molecule has 0 aliphatic carbocycles. The summed E-state index contributed by atoms with van der Waals surface area (Å²) < 4.78 is 47.7. The van der Waals surface area contributed by atoms with Gasteiger partial charge in [-0.3, -0.25) is 0 Å². The van der Waals surface area contributed by atoms with E-state index in [-0.39, 0.29) is 6.61 Å². The van der Waals surface area contributed by atoms with Gasteiger partial charge in [-0.2, -0.15) is 13.2 Å². The second-order valence-electron chi connectivity index (χ2n) is 7.71. The number of hydrogen-bond donors (Lipinski definition) is 3. The van der Waals surface area contributed by atoms with E-state index < -0.39 is 17.5 Å². The molecule has 5 nitrogen and oxygen atoms in total. The molecule has 0 bridgehead atoms. The predicted molar refractivity (Wildman–Crippen MR) is 131 cm³/mol. The van der Waals surface area contributed by atoms with E-state index in [2.05, 4.69) is 16.7 Å². The number of ether oxygens (including phenoxy) is 1. The first kappa shape index (κ1) is 26.2. The third kappa shape index (κ3) is 7.83. The Kier molecular flexibility index (Phi) is 9.52. The number of nitrogens with zero attached hydrogens (tertiary/aromatic N) is 1. The van der Waals surface area contributed by atoms with Crippen molar-refractivity contribution >= 4 is 29.0 Å². The number of likely N-dealkylation sites (tertiary alicyclic amines) is 1. The van der Waals surface area contributed by atoms with Gasteiger partial charge in [0.1, 0.15) is 11.5 Å². The van der Waals surface area contributed by atoms with Gasteiger partial charge in [-0.25, -0.2) is 0 Å². The lowest BCUT2D eigenvalue weighted by molar-refractivity contribution is -0.138. The van der Waals surface area contributed by atoms with Crippen LogP contribution in [0.25, 0.3) is 0 Å². The average molecular weight is 513 g/mol. The van der Waals surface area contributed by atoms with Crippen molar-refractivity contribution in [3.63, 3.8) is 0 Å². The van der Waals surface area contributed by atoms with Gasteiger partial charge in [-0.05, 0) is 75.3 Å². The molecule has 1 aromatic heterocycles. The number of nitrogens with one attached hydrogen (secondary N) is 1. The van der Waals surface area contributed by atoms with Crippen LogP contribution in [0.3, 0.4) is 0 Å². The average Bonchev–Trinajstić information content (AvgIpc) is 3.42. The molecular formula is C24H27F3N2O3S2. The summed E-state index contributed by atoms with van der Waals surface area (Å²) in [5.41, 5.74) is 0.0806. The number of aliphatic hydroxyl groups is 1.